The Kier molecular flexibility index (Phi) is 5.31. The third kappa shape index (κ3) is 4.92. The summed E-state index contributed by atoms with van der Waals surface area (Å²) in [5.74, 6) is 0.195. The molecule has 0 spiro atoms. The molecule has 3 N–H and O–H groups in total. The number of thioether (sulfide) groups is 1. The molecule has 0 aromatic heterocycles. The van der Waals surface area contributed by atoms with E-state index in [9.17, 15) is 0 Å². The number of azo groups is 1. The van der Waals surface area contributed by atoms with Crippen molar-refractivity contribution in [2.75, 3.05) is 6.26 Å². The molecule has 0 radical (unpaired) electrons. The van der Waals surface area contributed by atoms with E-state index in [-0.39, 0.29) is 11.1 Å². The van der Waals surface area contributed by atoms with E-state index in [1.807, 2.05) is 0 Å². The molecule has 5 nitrogen and oxygen atoms in total. The third-order valence-corrected chi connectivity index (χ3v) is 2.79. The zero-order chi connectivity index (χ0) is 11.1. The zero-order valence-corrected chi connectivity index (χ0v) is 9.76. The fourth-order valence-corrected chi connectivity index (χ4v) is 1.68. The van der Waals surface area contributed by atoms with Crippen molar-refractivity contribution >= 4 is 22.9 Å². The summed E-state index contributed by atoms with van der Waals surface area (Å²) in [4.78, 5) is 4.27. The summed E-state index contributed by atoms with van der Waals surface area (Å²) in [5.41, 5.74) is 5.59. The summed E-state index contributed by atoms with van der Waals surface area (Å²) in [6.07, 6.45) is 7.70. The first-order valence-corrected chi connectivity index (χ1v) is 6.32. The Morgan fingerprint density at radius 3 is 2.53 bits per heavy atom. The van der Waals surface area contributed by atoms with Crippen molar-refractivity contribution in [1.82, 2.24) is 0 Å². The number of aliphatic imine (C=N–C) groups is 1. The molecule has 15 heavy (non-hydrogen) atoms. The lowest BCUT2D eigenvalue weighted by molar-refractivity contribution is 0.443. The molecule has 0 bridgehead atoms. The number of guanidine groups is 1. The van der Waals surface area contributed by atoms with E-state index < -0.39 is 0 Å². The first-order chi connectivity index (χ1) is 7.22. The molecule has 6 heteroatoms. The maximum Gasteiger partial charge on any atom is 0.235 e. The highest BCUT2D eigenvalue weighted by molar-refractivity contribution is 8.13. The van der Waals surface area contributed by atoms with Crippen LogP contribution in [0.1, 0.15) is 32.1 Å². The number of hydrogen-bond donors (Lipinski definition) is 2. The topological polar surface area (TPSA) is 87.0 Å². The molecule has 1 rings (SSSR count). The highest BCUT2D eigenvalue weighted by atomic mass is 32.2. The molecular formula is C9H17N5S. The van der Waals surface area contributed by atoms with E-state index in [0.29, 0.717) is 6.04 Å². The maximum atomic E-state index is 7.24. The number of nitrogens with two attached hydrogens (primary N) is 1. The van der Waals surface area contributed by atoms with Crippen molar-refractivity contribution in [2.24, 2.45) is 21.0 Å². The maximum absolute atomic E-state index is 7.24. The Morgan fingerprint density at radius 1 is 1.27 bits per heavy atom. The zero-order valence-electron chi connectivity index (χ0n) is 8.94. The molecule has 0 amide bonds. The summed E-state index contributed by atoms with van der Waals surface area (Å²) in [6, 6.07) is 0.307. The molecule has 0 aromatic carbocycles. The Labute approximate surface area is 94.1 Å². The molecule has 1 saturated carbocycles. The number of hydrogen-bond acceptors (Lipinski definition) is 3. The molecule has 1 aliphatic rings. The van der Waals surface area contributed by atoms with Crippen LogP contribution in [0.25, 0.3) is 0 Å². The van der Waals surface area contributed by atoms with E-state index in [4.69, 9.17) is 11.1 Å². The van der Waals surface area contributed by atoms with Crippen LogP contribution in [-0.4, -0.2) is 23.4 Å². The monoisotopic (exact) mass is 227 g/mol. The minimum Gasteiger partial charge on any atom is -0.367 e. The minimum atomic E-state index is 0.150. The van der Waals surface area contributed by atoms with Crippen molar-refractivity contribution in [1.29, 1.82) is 5.41 Å². The highest BCUT2D eigenvalue weighted by Crippen LogP contribution is 2.20. The van der Waals surface area contributed by atoms with Gasteiger partial charge in [0.15, 0.2) is 0 Å². The molecule has 0 aromatic rings. The quantitative estimate of drug-likeness (QED) is 0.409. The molecule has 0 atom stereocenters. The van der Waals surface area contributed by atoms with E-state index in [1.165, 1.54) is 31.0 Å². The van der Waals surface area contributed by atoms with Gasteiger partial charge in [-0.2, -0.15) is 0 Å². The molecule has 1 fully saturated rings. The van der Waals surface area contributed by atoms with Crippen molar-refractivity contribution in [3.8, 4) is 0 Å². The summed E-state index contributed by atoms with van der Waals surface area (Å²) in [6.45, 7) is 0. The Morgan fingerprint density at radius 2 is 1.93 bits per heavy atom. The lowest BCUT2D eigenvalue weighted by Crippen LogP contribution is -2.16. The summed E-state index contributed by atoms with van der Waals surface area (Å²) < 4.78 is 0. The van der Waals surface area contributed by atoms with Gasteiger partial charge in [-0.15, -0.1) is 10.2 Å². The first-order valence-electron chi connectivity index (χ1n) is 5.10. The van der Waals surface area contributed by atoms with Crippen LogP contribution in [-0.2, 0) is 0 Å². The second-order valence-electron chi connectivity index (χ2n) is 3.49. The van der Waals surface area contributed by atoms with Crippen LogP contribution in [0.3, 0.4) is 0 Å². The molecule has 0 saturated heterocycles. The Balaban J connectivity index is 2.43. The van der Waals surface area contributed by atoms with Crippen LogP contribution in [0.2, 0.25) is 0 Å². The Hall–Kier alpha value is -0.910. The lowest BCUT2D eigenvalue weighted by atomic mass is 9.96. The molecule has 84 valence electrons. The van der Waals surface area contributed by atoms with Crippen molar-refractivity contribution < 1.29 is 0 Å². The van der Waals surface area contributed by atoms with Gasteiger partial charge in [-0.05, 0) is 19.1 Å². The van der Waals surface area contributed by atoms with Gasteiger partial charge in [0, 0.05) is 0 Å². The highest BCUT2D eigenvalue weighted by Gasteiger charge is 2.12. The normalized spacial score (nSPS) is 19.7. The smallest absolute Gasteiger partial charge is 0.235 e. The predicted molar refractivity (Wildman–Crippen MR) is 64.6 cm³/mol. The number of amidine groups is 1. The second kappa shape index (κ2) is 6.55. The molecule has 1 aliphatic carbocycles. The lowest BCUT2D eigenvalue weighted by Gasteiger charge is -2.16. The largest absolute Gasteiger partial charge is 0.367 e. The molecule has 0 aliphatic heterocycles. The predicted octanol–water partition coefficient (Wildman–Crippen LogP) is 2.38. The van der Waals surface area contributed by atoms with E-state index in [2.05, 4.69) is 15.2 Å². The van der Waals surface area contributed by atoms with Crippen molar-refractivity contribution in [3.05, 3.63) is 0 Å². The first kappa shape index (κ1) is 12.2. The van der Waals surface area contributed by atoms with Crippen LogP contribution in [0.15, 0.2) is 15.2 Å². The van der Waals surface area contributed by atoms with Gasteiger partial charge in [0.2, 0.25) is 11.1 Å². The minimum absolute atomic E-state index is 0.150. The van der Waals surface area contributed by atoms with Crippen LogP contribution in [0, 0.1) is 5.41 Å². The summed E-state index contributed by atoms with van der Waals surface area (Å²) in [5, 5.41) is 14.7. The van der Waals surface area contributed by atoms with Crippen LogP contribution >= 0.6 is 11.8 Å². The summed E-state index contributed by atoms with van der Waals surface area (Å²) >= 11 is 1.23. The third-order valence-electron chi connectivity index (χ3n) is 2.33. The summed E-state index contributed by atoms with van der Waals surface area (Å²) in [7, 11) is 0. The molecule has 0 unspecified atom stereocenters. The van der Waals surface area contributed by atoms with Gasteiger partial charge in [0.1, 0.15) is 0 Å². The standard InChI is InChI=1S/C9H17N5S/c1-15-9(11)14-13-8(10)12-7-5-3-2-4-6-7/h7,11H,2-6H2,1H3,(H2,10,12). The van der Waals surface area contributed by atoms with Gasteiger partial charge in [-0.25, -0.2) is 4.99 Å². The van der Waals surface area contributed by atoms with Gasteiger partial charge in [0.05, 0.1) is 6.04 Å². The van der Waals surface area contributed by atoms with Gasteiger partial charge in [0.25, 0.3) is 0 Å². The van der Waals surface area contributed by atoms with Gasteiger partial charge < -0.3 is 5.73 Å². The van der Waals surface area contributed by atoms with Crippen LogP contribution in [0.4, 0.5) is 0 Å². The SMILES string of the molecule is CSC(=N)N=NC(N)=NC1CCCCC1. The van der Waals surface area contributed by atoms with E-state index in [1.54, 1.807) is 6.26 Å². The van der Waals surface area contributed by atoms with Gasteiger partial charge in [-0.3, -0.25) is 5.41 Å². The van der Waals surface area contributed by atoms with E-state index in [0.717, 1.165) is 12.8 Å². The van der Waals surface area contributed by atoms with Crippen molar-refractivity contribution in [2.45, 2.75) is 38.1 Å². The average Bonchev–Trinajstić information content (AvgIpc) is 2.27. The fraction of sp³-hybridized carbons (Fsp3) is 0.778. The Bertz CT molecular complexity index is 268. The second-order valence-corrected chi connectivity index (χ2v) is 4.28. The molecule has 0 heterocycles. The van der Waals surface area contributed by atoms with E-state index >= 15 is 0 Å². The van der Waals surface area contributed by atoms with Gasteiger partial charge >= 0.3 is 0 Å². The number of rotatable bonds is 1. The number of nitrogens with zero attached hydrogens (tertiary/aromatic N) is 3. The number of nitrogens with one attached hydrogen (secondary N) is 1. The van der Waals surface area contributed by atoms with Crippen LogP contribution in [0.5, 0.6) is 0 Å². The van der Waals surface area contributed by atoms with Crippen LogP contribution < -0.4 is 5.73 Å². The average molecular weight is 227 g/mol. The molecular weight excluding hydrogens is 210 g/mol. The van der Waals surface area contributed by atoms with Crippen molar-refractivity contribution in [3.63, 3.8) is 0 Å². The fourth-order valence-electron chi connectivity index (χ4n) is 1.56. The van der Waals surface area contributed by atoms with Gasteiger partial charge in [-0.1, -0.05) is 31.0 Å².